The van der Waals surface area contributed by atoms with Crippen LogP contribution in [0.4, 0.5) is 0 Å². The van der Waals surface area contributed by atoms with Crippen LogP contribution in [-0.2, 0) is 0 Å². The van der Waals surface area contributed by atoms with Crippen molar-refractivity contribution >= 4 is 5.78 Å². The second-order valence-electron chi connectivity index (χ2n) is 4.63. The van der Waals surface area contributed by atoms with Gasteiger partial charge in [-0.2, -0.15) is 0 Å². The fraction of sp³-hybridized carbons (Fsp3) is 0.400. The summed E-state index contributed by atoms with van der Waals surface area (Å²) in [7, 11) is 0. The Kier molecular flexibility index (Phi) is 3.62. The van der Waals surface area contributed by atoms with Crippen LogP contribution in [0.5, 0.6) is 0 Å². The first-order valence-electron chi connectivity index (χ1n) is 6.32. The van der Waals surface area contributed by atoms with Gasteiger partial charge in [-0.15, -0.1) is 0 Å². The van der Waals surface area contributed by atoms with Crippen LogP contribution in [0.15, 0.2) is 41.6 Å². The number of ketones is 1. The Bertz CT molecular complexity index is 433. The van der Waals surface area contributed by atoms with Gasteiger partial charge in [0.25, 0.3) is 0 Å². The molecule has 0 radical (unpaired) electrons. The number of carbonyl (C=O) groups excluding carboxylic acids is 1. The molecule has 0 heterocycles. The molecule has 90 valence electrons. The number of Topliss-reactive ketones (excluding diaryl/α,β-unsaturated/α-hetero) is 1. The molecule has 0 saturated heterocycles. The molecule has 1 aliphatic carbocycles. The zero-order chi connectivity index (χ0) is 12.3. The number of nitrogens with two attached hydrogens (primary N) is 1. The molecule has 1 aliphatic rings. The average molecular weight is 229 g/mol. The zero-order valence-corrected chi connectivity index (χ0v) is 10.3. The quantitative estimate of drug-likeness (QED) is 0.808. The predicted octanol–water partition coefficient (Wildman–Crippen LogP) is 3.29. The number of rotatable bonds is 3. The first-order chi connectivity index (χ1) is 8.24. The maximum absolute atomic E-state index is 12.4. The molecule has 0 aliphatic heterocycles. The summed E-state index contributed by atoms with van der Waals surface area (Å²) in [6.45, 7) is 2.13. The minimum absolute atomic E-state index is 0.120. The standard InChI is InChI=1S/C15H19NO/c1-2-11-9-6-10-13(16)14(11)15(17)12-7-4-3-5-8-12/h3-5,7-8,11H,2,6,9-10,16H2,1H3. The van der Waals surface area contributed by atoms with Crippen LogP contribution in [-0.4, -0.2) is 5.78 Å². The highest BCUT2D eigenvalue weighted by Crippen LogP contribution is 2.32. The van der Waals surface area contributed by atoms with Crippen molar-refractivity contribution in [1.82, 2.24) is 0 Å². The molecule has 17 heavy (non-hydrogen) atoms. The van der Waals surface area contributed by atoms with E-state index in [2.05, 4.69) is 6.92 Å². The third kappa shape index (κ3) is 2.41. The molecular formula is C15H19NO. The fourth-order valence-corrected chi connectivity index (χ4v) is 2.56. The Hall–Kier alpha value is -1.57. The van der Waals surface area contributed by atoms with E-state index in [-0.39, 0.29) is 5.78 Å². The number of hydrogen-bond acceptors (Lipinski definition) is 2. The molecule has 1 aromatic rings. The molecule has 2 rings (SSSR count). The molecule has 0 spiro atoms. The van der Waals surface area contributed by atoms with Crippen LogP contribution >= 0.6 is 0 Å². The van der Waals surface area contributed by atoms with Crippen molar-refractivity contribution in [3.8, 4) is 0 Å². The molecule has 0 fully saturated rings. The van der Waals surface area contributed by atoms with Gasteiger partial charge in [-0.05, 0) is 31.6 Å². The third-order valence-electron chi connectivity index (χ3n) is 3.53. The summed E-state index contributed by atoms with van der Waals surface area (Å²) in [5.41, 5.74) is 8.47. The molecule has 0 aromatic heterocycles. The van der Waals surface area contributed by atoms with Crippen LogP contribution in [0, 0.1) is 5.92 Å². The largest absolute Gasteiger partial charge is 0.402 e. The molecule has 1 aromatic carbocycles. The fourth-order valence-electron chi connectivity index (χ4n) is 2.56. The normalized spacial score (nSPS) is 20.4. The Balaban J connectivity index is 2.35. The summed E-state index contributed by atoms with van der Waals surface area (Å²) in [6.07, 6.45) is 4.06. The van der Waals surface area contributed by atoms with Crippen LogP contribution in [0.3, 0.4) is 0 Å². The summed E-state index contributed by atoms with van der Waals surface area (Å²) < 4.78 is 0. The second kappa shape index (κ2) is 5.17. The number of carbonyl (C=O) groups is 1. The molecule has 2 N–H and O–H groups in total. The van der Waals surface area contributed by atoms with Gasteiger partial charge in [0.1, 0.15) is 0 Å². The minimum atomic E-state index is 0.120. The lowest BCUT2D eigenvalue weighted by Gasteiger charge is -2.25. The highest BCUT2D eigenvalue weighted by atomic mass is 16.1. The lowest BCUT2D eigenvalue weighted by atomic mass is 9.80. The monoisotopic (exact) mass is 229 g/mol. The average Bonchev–Trinajstić information content (AvgIpc) is 2.38. The molecule has 2 nitrogen and oxygen atoms in total. The van der Waals surface area contributed by atoms with Gasteiger partial charge in [0.2, 0.25) is 0 Å². The Morgan fingerprint density at radius 2 is 2.06 bits per heavy atom. The van der Waals surface area contributed by atoms with Crippen molar-refractivity contribution in [2.45, 2.75) is 32.6 Å². The topological polar surface area (TPSA) is 43.1 Å². The van der Waals surface area contributed by atoms with Crippen molar-refractivity contribution in [3.05, 3.63) is 47.2 Å². The number of allylic oxidation sites excluding steroid dienone is 2. The van der Waals surface area contributed by atoms with E-state index in [1.165, 1.54) is 0 Å². The van der Waals surface area contributed by atoms with Crippen LogP contribution in [0.2, 0.25) is 0 Å². The maximum Gasteiger partial charge on any atom is 0.191 e. The smallest absolute Gasteiger partial charge is 0.191 e. The lowest BCUT2D eigenvalue weighted by molar-refractivity contribution is 0.101. The highest BCUT2D eigenvalue weighted by Gasteiger charge is 2.26. The van der Waals surface area contributed by atoms with Crippen LogP contribution in [0.1, 0.15) is 43.0 Å². The van der Waals surface area contributed by atoms with Crippen molar-refractivity contribution in [2.24, 2.45) is 11.7 Å². The van der Waals surface area contributed by atoms with Crippen molar-refractivity contribution in [1.29, 1.82) is 0 Å². The Morgan fingerprint density at radius 1 is 1.35 bits per heavy atom. The van der Waals surface area contributed by atoms with E-state index in [0.29, 0.717) is 5.92 Å². The molecule has 1 atom stereocenters. The van der Waals surface area contributed by atoms with E-state index in [4.69, 9.17) is 5.73 Å². The van der Waals surface area contributed by atoms with Gasteiger partial charge in [0, 0.05) is 16.8 Å². The van der Waals surface area contributed by atoms with E-state index < -0.39 is 0 Å². The predicted molar refractivity (Wildman–Crippen MR) is 69.6 cm³/mol. The molecular weight excluding hydrogens is 210 g/mol. The maximum atomic E-state index is 12.4. The van der Waals surface area contributed by atoms with Crippen molar-refractivity contribution in [3.63, 3.8) is 0 Å². The first-order valence-corrected chi connectivity index (χ1v) is 6.32. The van der Waals surface area contributed by atoms with Gasteiger partial charge in [-0.1, -0.05) is 37.3 Å². The van der Waals surface area contributed by atoms with Crippen LogP contribution < -0.4 is 5.73 Å². The van der Waals surface area contributed by atoms with Gasteiger partial charge in [0.15, 0.2) is 5.78 Å². The molecule has 1 unspecified atom stereocenters. The van der Waals surface area contributed by atoms with Gasteiger partial charge in [0.05, 0.1) is 0 Å². The highest BCUT2D eigenvalue weighted by molar-refractivity contribution is 6.09. The van der Waals surface area contributed by atoms with Gasteiger partial charge < -0.3 is 5.73 Å². The summed E-state index contributed by atoms with van der Waals surface area (Å²) in [5, 5.41) is 0. The van der Waals surface area contributed by atoms with Crippen molar-refractivity contribution in [2.75, 3.05) is 0 Å². The molecule has 0 saturated carbocycles. The van der Waals surface area contributed by atoms with E-state index in [1.54, 1.807) is 0 Å². The molecule has 0 amide bonds. The van der Waals surface area contributed by atoms with Gasteiger partial charge in [-0.25, -0.2) is 0 Å². The van der Waals surface area contributed by atoms with Crippen molar-refractivity contribution < 1.29 is 4.79 Å². The summed E-state index contributed by atoms with van der Waals surface area (Å²) in [4.78, 5) is 12.4. The van der Waals surface area contributed by atoms with Crippen LogP contribution in [0.25, 0.3) is 0 Å². The SMILES string of the molecule is CCC1CCCC(N)=C1C(=O)c1ccccc1. The van der Waals surface area contributed by atoms with Gasteiger partial charge in [-0.3, -0.25) is 4.79 Å². The summed E-state index contributed by atoms with van der Waals surface area (Å²) in [5.74, 6) is 0.464. The first kappa shape index (κ1) is 11.9. The lowest BCUT2D eigenvalue weighted by Crippen LogP contribution is -2.22. The van der Waals surface area contributed by atoms with Gasteiger partial charge >= 0.3 is 0 Å². The Labute approximate surface area is 103 Å². The summed E-state index contributed by atoms with van der Waals surface area (Å²) >= 11 is 0. The number of hydrogen-bond donors (Lipinski definition) is 1. The summed E-state index contributed by atoms with van der Waals surface area (Å²) in [6, 6.07) is 9.45. The molecule has 0 bridgehead atoms. The third-order valence-corrected chi connectivity index (χ3v) is 3.53. The van der Waals surface area contributed by atoms with E-state index in [1.807, 2.05) is 30.3 Å². The zero-order valence-electron chi connectivity index (χ0n) is 10.3. The second-order valence-corrected chi connectivity index (χ2v) is 4.63. The van der Waals surface area contributed by atoms with E-state index >= 15 is 0 Å². The van der Waals surface area contributed by atoms with E-state index in [0.717, 1.165) is 42.5 Å². The number of benzene rings is 1. The molecule has 2 heteroatoms. The minimum Gasteiger partial charge on any atom is -0.402 e. The van der Waals surface area contributed by atoms with E-state index in [9.17, 15) is 4.79 Å². The Morgan fingerprint density at radius 3 is 2.71 bits per heavy atom.